The number of pyridine rings is 1. The minimum atomic E-state index is -4.80. The first kappa shape index (κ1) is 20.0. The number of nitrogens with zero attached hydrogens (tertiary/aromatic N) is 2. The van der Waals surface area contributed by atoms with Gasteiger partial charge < -0.3 is 19.5 Å². The third kappa shape index (κ3) is 6.49. The summed E-state index contributed by atoms with van der Waals surface area (Å²) < 4.78 is 41.2. The number of nitrogens with one attached hydrogen (secondary N) is 1. The molecule has 2 amide bonds. The lowest BCUT2D eigenvalue weighted by molar-refractivity contribution is -0.274. The third-order valence-corrected chi connectivity index (χ3v) is 3.38. The number of likely N-dealkylation sites (N-methyl/N-ethyl adjacent to an activating group) is 1. The summed E-state index contributed by atoms with van der Waals surface area (Å²) in [4.78, 5) is 36.8. The maximum absolute atomic E-state index is 12.1. The van der Waals surface area contributed by atoms with Crippen LogP contribution in [-0.2, 0) is 16.1 Å². The highest BCUT2D eigenvalue weighted by molar-refractivity contribution is 5.94. The maximum atomic E-state index is 12.1. The minimum absolute atomic E-state index is 0.215. The van der Waals surface area contributed by atoms with Crippen LogP contribution in [0.4, 0.5) is 18.9 Å². The molecule has 0 atom stereocenters. The molecule has 0 bridgehead atoms. The fourth-order valence-electron chi connectivity index (χ4n) is 2.10. The highest BCUT2D eigenvalue weighted by Crippen LogP contribution is 2.23. The van der Waals surface area contributed by atoms with Crippen LogP contribution in [0.15, 0.2) is 53.5 Å². The van der Waals surface area contributed by atoms with Gasteiger partial charge in [0.1, 0.15) is 12.3 Å². The Morgan fingerprint density at radius 3 is 2.41 bits per heavy atom. The Bertz CT molecular complexity index is 863. The second-order valence-corrected chi connectivity index (χ2v) is 5.54. The number of alkyl halides is 3. The average molecular weight is 383 g/mol. The van der Waals surface area contributed by atoms with E-state index >= 15 is 0 Å². The van der Waals surface area contributed by atoms with E-state index in [1.165, 1.54) is 36.0 Å². The van der Waals surface area contributed by atoms with Crippen molar-refractivity contribution >= 4 is 17.5 Å². The van der Waals surface area contributed by atoms with Gasteiger partial charge in [0.15, 0.2) is 0 Å². The summed E-state index contributed by atoms with van der Waals surface area (Å²) >= 11 is 0. The van der Waals surface area contributed by atoms with Crippen molar-refractivity contribution in [3.63, 3.8) is 0 Å². The lowest BCUT2D eigenvalue weighted by Gasteiger charge is -2.17. The van der Waals surface area contributed by atoms with Crippen LogP contribution < -0.4 is 15.6 Å². The van der Waals surface area contributed by atoms with Gasteiger partial charge in [0, 0.05) is 25.0 Å². The molecular formula is C17H16F3N3O4. The first-order valence-electron chi connectivity index (χ1n) is 7.69. The van der Waals surface area contributed by atoms with Crippen molar-refractivity contribution in [3.8, 4) is 5.75 Å². The van der Waals surface area contributed by atoms with Gasteiger partial charge in [0.05, 0.1) is 6.54 Å². The predicted octanol–water partition coefficient (Wildman–Crippen LogP) is 1.84. The second-order valence-electron chi connectivity index (χ2n) is 5.54. The van der Waals surface area contributed by atoms with Crippen molar-refractivity contribution < 1.29 is 27.5 Å². The van der Waals surface area contributed by atoms with Gasteiger partial charge in [-0.2, -0.15) is 0 Å². The number of amides is 2. The average Bonchev–Trinajstić information content (AvgIpc) is 2.57. The van der Waals surface area contributed by atoms with Gasteiger partial charge in [0.25, 0.3) is 5.56 Å². The number of anilines is 1. The van der Waals surface area contributed by atoms with Crippen molar-refractivity contribution in [3.05, 3.63) is 59.0 Å². The molecule has 1 heterocycles. The highest BCUT2D eigenvalue weighted by Gasteiger charge is 2.30. The zero-order valence-corrected chi connectivity index (χ0v) is 14.2. The third-order valence-electron chi connectivity index (χ3n) is 3.38. The van der Waals surface area contributed by atoms with Crippen LogP contribution in [0.2, 0.25) is 0 Å². The summed E-state index contributed by atoms with van der Waals surface area (Å²) in [5.74, 6) is -1.41. The Kier molecular flexibility index (Phi) is 6.22. The smallest absolute Gasteiger partial charge is 0.406 e. The molecule has 1 aromatic carbocycles. The van der Waals surface area contributed by atoms with Crippen molar-refractivity contribution in [2.45, 2.75) is 12.9 Å². The van der Waals surface area contributed by atoms with Gasteiger partial charge in [-0.1, -0.05) is 6.07 Å². The van der Waals surface area contributed by atoms with Crippen molar-refractivity contribution in [1.82, 2.24) is 9.47 Å². The van der Waals surface area contributed by atoms with E-state index in [9.17, 15) is 27.6 Å². The summed E-state index contributed by atoms with van der Waals surface area (Å²) in [7, 11) is 1.40. The molecule has 0 fully saturated rings. The molecule has 1 aromatic heterocycles. The van der Waals surface area contributed by atoms with E-state index in [4.69, 9.17) is 0 Å². The summed E-state index contributed by atoms with van der Waals surface area (Å²) in [5.41, 5.74) is -0.0977. The van der Waals surface area contributed by atoms with Gasteiger partial charge in [-0.15, -0.1) is 13.2 Å². The first-order valence-corrected chi connectivity index (χ1v) is 7.69. The molecule has 0 saturated heterocycles. The fraction of sp³-hybridized carbons (Fsp3) is 0.235. The van der Waals surface area contributed by atoms with Crippen LogP contribution in [0.5, 0.6) is 5.75 Å². The molecule has 0 saturated carbocycles. The van der Waals surface area contributed by atoms with E-state index in [1.807, 2.05) is 0 Å². The van der Waals surface area contributed by atoms with Crippen LogP contribution >= 0.6 is 0 Å². The lowest BCUT2D eigenvalue weighted by Crippen LogP contribution is -2.38. The van der Waals surface area contributed by atoms with Gasteiger partial charge in [-0.25, -0.2) is 0 Å². The first-order chi connectivity index (χ1) is 12.6. The molecular weight excluding hydrogens is 367 g/mol. The molecule has 0 unspecified atom stereocenters. The lowest BCUT2D eigenvalue weighted by atomic mass is 10.3. The van der Waals surface area contributed by atoms with E-state index in [0.29, 0.717) is 0 Å². The Labute approximate surface area is 152 Å². The summed E-state index contributed by atoms with van der Waals surface area (Å²) in [6, 6.07) is 9.05. The molecule has 0 spiro atoms. The van der Waals surface area contributed by atoms with Gasteiger partial charge in [-0.05, 0) is 30.3 Å². The maximum Gasteiger partial charge on any atom is 0.573 e. The molecule has 10 heteroatoms. The Morgan fingerprint density at radius 2 is 1.81 bits per heavy atom. The molecule has 2 rings (SSSR count). The Hall–Kier alpha value is -3.30. The minimum Gasteiger partial charge on any atom is -0.406 e. The largest absolute Gasteiger partial charge is 0.573 e. The molecule has 1 N–H and O–H groups in total. The summed E-state index contributed by atoms with van der Waals surface area (Å²) in [6.45, 7) is -0.506. The van der Waals surface area contributed by atoms with Gasteiger partial charge in [0.2, 0.25) is 11.8 Å². The second kappa shape index (κ2) is 8.39. The quantitative estimate of drug-likeness (QED) is 0.826. The zero-order chi connectivity index (χ0) is 20.0. The molecule has 27 heavy (non-hydrogen) atoms. The normalized spacial score (nSPS) is 11.0. The number of carbonyl (C=O) groups excluding carboxylic acids is 2. The summed E-state index contributed by atoms with van der Waals surface area (Å²) in [5, 5.41) is 2.45. The van der Waals surface area contributed by atoms with Gasteiger partial charge in [-0.3, -0.25) is 14.4 Å². The molecule has 144 valence electrons. The standard InChI is InChI=1S/C17H16F3N3O4/c1-22(16(26)11-23-9-3-2-4-15(23)25)10-14(24)21-12-5-7-13(8-6-12)27-17(18,19)20/h2-9H,10-11H2,1H3,(H,21,24). The van der Waals surface area contributed by atoms with Gasteiger partial charge >= 0.3 is 6.36 Å². The molecule has 0 aliphatic carbocycles. The number of carbonyl (C=O) groups is 2. The van der Waals surface area contributed by atoms with Crippen LogP contribution in [0.25, 0.3) is 0 Å². The number of ether oxygens (including phenoxy) is 1. The van der Waals surface area contributed by atoms with E-state index in [-0.39, 0.29) is 24.3 Å². The Morgan fingerprint density at radius 1 is 1.15 bits per heavy atom. The predicted molar refractivity (Wildman–Crippen MR) is 90.1 cm³/mol. The highest BCUT2D eigenvalue weighted by atomic mass is 19.4. The van der Waals surface area contributed by atoms with E-state index in [1.54, 1.807) is 12.1 Å². The molecule has 0 aliphatic heterocycles. The van der Waals surface area contributed by atoms with E-state index < -0.39 is 23.9 Å². The monoisotopic (exact) mass is 383 g/mol. The topological polar surface area (TPSA) is 80.6 Å². The number of rotatable bonds is 6. The molecule has 7 nitrogen and oxygen atoms in total. The number of hydrogen-bond donors (Lipinski definition) is 1. The molecule has 2 aromatic rings. The van der Waals surface area contributed by atoms with Crippen LogP contribution in [0, 0.1) is 0 Å². The number of benzene rings is 1. The van der Waals surface area contributed by atoms with Crippen molar-refractivity contribution in [2.75, 3.05) is 18.9 Å². The van der Waals surface area contributed by atoms with E-state index in [2.05, 4.69) is 10.1 Å². The number of hydrogen-bond acceptors (Lipinski definition) is 4. The van der Waals surface area contributed by atoms with E-state index in [0.717, 1.165) is 17.0 Å². The molecule has 0 aliphatic rings. The Balaban J connectivity index is 1.88. The molecule has 0 radical (unpaired) electrons. The van der Waals surface area contributed by atoms with Crippen LogP contribution in [0.3, 0.4) is 0 Å². The van der Waals surface area contributed by atoms with Crippen molar-refractivity contribution in [2.24, 2.45) is 0 Å². The number of halogens is 3. The van der Waals surface area contributed by atoms with Crippen LogP contribution in [-0.4, -0.2) is 41.2 Å². The zero-order valence-electron chi connectivity index (χ0n) is 14.2. The fourth-order valence-corrected chi connectivity index (χ4v) is 2.10. The summed E-state index contributed by atoms with van der Waals surface area (Å²) in [6.07, 6.45) is -3.34. The van der Waals surface area contributed by atoms with Crippen molar-refractivity contribution in [1.29, 1.82) is 0 Å². The number of aromatic nitrogens is 1. The SMILES string of the molecule is CN(CC(=O)Nc1ccc(OC(F)(F)F)cc1)C(=O)Cn1ccccc1=O. The van der Waals surface area contributed by atoms with Crippen LogP contribution in [0.1, 0.15) is 0 Å².